The van der Waals surface area contributed by atoms with Gasteiger partial charge in [-0.15, -0.1) is 11.6 Å². The van der Waals surface area contributed by atoms with Crippen molar-refractivity contribution in [1.29, 1.82) is 0 Å². The summed E-state index contributed by atoms with van der Waals surface area (Å²) in [6.07, 6.45) is 5.15. The molecule has 108 valence electrons. The fourth-order valence-electron chi connectivity index (χ4n) is 2.38. The molecule has 1 N–H and O–H groups in total. The summed E-state index contributed by atoms with van der Waals surface area (Å²) in [5, 5.41) is -0.0252. The van der Waals surface area contributed by atoms with E-state index in [1.54, 1.807) is 6.20 Å². The lowest BCUT2D eigenvalue weighted by atomic mass is 10.3. The molecule has 2 unspecified atom stereocenters. The molecule has 1 fully saturated rings. The molecule has 0 amide bonds. The summed E-state index contributed by atoms with van der Waals surface area (Å²) in [4.78, 5) is 4.14. The number of aromatic nitrogens is 2. The van der Waals surface area contributed by atoms with Gasteiger partial charge in [-0.05, 0) is 26.2 Å². The lowest BCUT2D eigenvalue weighted by molar-refractivity contribution is 0.550. The van der Waals surface area contributed by atoms with E-state index < -0.39 is 10.0 Å². The number of nitrogens with one attached hydrogen (secondary N) is 1. The van der Waals surface area contributed by atoms with Gasteiger partial charge >= 0.3 is 0 Å². The highest BCUT2D eigenvalue weighted by Crippen LogP contribution is 2.25. The molecule has 0 aliphatic heterocycles. The number of alkyl halides is 1. The summed E-state index contributed by atoms with van der Waals surface area (Å²) in [6.45, 7) is 4.63. The number of aryl methyl sites for hydroxylation is 2. The van der Waals surface area contributed by atoms with Crippen molar-refractivity contribution in [2.45, 2.75) is 62.5 Å². The first kappa shape index (κ1) is 14.8. The van der Waals surface area contributed by atoms with E-state index in [9.17, 15) is 8.42 Å². The van der Waals surface area contributed by atoms with Gasteiger partial charge in [-0.25, -0.2) is 18.1 Å². The smallest absolute Gasteiger partial charge is 0.259 e. The maximum Gasteiger partial charge on any atom is 0.259 e. The van der Waals surface area contributed by atoms with Crippen molar-refractivity contribution < 1.29 is 8.42 Å². The van der Waals surface area contributed by atoms with Gasteiger partial charge in [0.25, 0.3) is 10.0 Å². The van der Waals surface area contributed by atoms with Crippen molar-refractivity contribution in [2.75, 3.05) is 0 Å². The summed E-state index contributed by atoms with van der Waals surface area (Å²) in [5.41, 5.74) is 0. The van der Waals surface area contributed by atoms with Crippen LogP contribution in [0.2, 0.25) is 0 Å². The van der Waals surface area contributed by atoms with Gasteiger partial charge in [-0.3, -0.25) is 0 Å². The SMILES string of the molecule is CCCn1cc(S(=O)(=O)NC2CCCC2Cl)nc1C. The highest BCUT2D eigenvalue weighted by molar-refractivity contribution is 7.89. The molecule has 0 saturated heterocycles. The minimum absolute atomic E-state index is 0.0919. The third-order valence-corrected chi connectivity index (χ3v) is 5.31. The zero-order valence-electron chi connectivity index (χ0n) is 11.3. The maximum absolute atomic E-state index is 12.3. The Morgan fingerprint density at radius 1 is 1.53 bits per heavy atom. The Morgan fingerprint density at radius 3 is 2.84 bits per heavy atom. The number of nitrogens with zero attached hydrogens (tertiary/aromatic N) is 2. The second kappa shape index (κ2) is 5.81. The van der Waals surface area contributed by atoms with Crippen LogP contribution < -0.4 is 4.72 Å². The molecule has 0 radical (unpaired) electrons. The molecule has 1 aromatic heterocycles. The summed E-state index contributed by atoms with van der Waals surface area (Å²) in [7, 11) is -3.56. The van der Waals surface area contributed by atoms with Crippen LogP contribution in [0.1, 0.15) is 38.4 Å². The van der Waals surface area contributed by atoms with Crippen molar-refractivity contribution >= 4 is 21.6 Å². The minimum Gasteiger partial charge on any atom is -0.334 e. The van der Waals surface area contributed by atoms with Gasteiger partial charge in [0.05, 0.1) is 0 Å². The molecule has 7 heteroatoms. The fraction of sp³-hybridized carbons (Fsp3) is 0.750. The van der Waals surface area contributed by atoms with Crippen LogP contribution in [0.5, 0.6) is 0 Å². The summed E-state index contributed by atoms with van der Waals surface area (Å²) >= 11 is 6.11. The van der Waals surface area contributed by atoms with E-state index in [2.05, 4.69) is 9.71 Å². The lowest BCUT2D eigenvalue weighted by Crippen LogP contribution is -2.37. The minimum atomic E-state index is -3.56. The van der Waals surface area contributed by atoms with Crippen LogP contribution in [0.25, 0.3) is 0 Å². The Hall–Kier alpha value is -0.590. The highest BCUT2D eigenvalue weighted by atomic mass is 35.5. The molecule has 2 rings (SSSR count). The van der Waals surface area contributed by atoms with Crippen LogP contribution in [-0.2, 0) is 16.6 Å². The Balaban J connectivity index is 2.17. The normalized spacial score (nSPS) is 23.9. The number of halogens is 1. The van der Waals surface area contributed by atoms with Gasteiger partial charge in [0, 0.05) is 24.2 Å². The Kier molecular flexibility index (Phi) is 4.53. The summed E-state index contributed by atoms with van der Waals surface area (Å²) < 4.78 is 29.0. The van der Waals surface area contributed by atoms with E-state index in [1.165, 1.54) is 0 Å². The predicted molar refractivity (Wildman–Crippen MR) is 74.9 cm³/mol. The molecular weight excluding hydrogens is 286 g/mol. The molecule has 1 aliphatic rings. The molecule has 1 aliphatic carbocycles. The van der Waals surface area contributed by atoms with Crippen molar-refractivity contribution in [3.8, 4) is 0 Å². The first-order valence-electron chi connectivity index (χ1n) is 6.64. The summed E-state index contributed by atoms with van der Waals surface area (Å²) in [5.74, 6) is 0.719. The van der Waals surface area contributed by atoms with Gasteiger partial charge in [-0.1, -0.05) is 13.3 Å². The third kappa shape index (κ3) is 3.30. The molecule has 1 saturated carbocycles. The molecule has 1 aromatic rings. The first-order valence-corrected chi connectivity index (χ1v) is 8.56. The molecule has 0 aromatic carbocycles. The third-order valence-electron chi connectivity index (χ3n) is 3.43. The van der Waals surface area contributed by atoms with E-state index in [0.29, 0.717) is 0 Å². The lowest BCUT2D eigenvalue weighted by Gasteiger charge is -2.14. The Labute approximate surface area is 119 Å². The van der Waals surface area contributed by atoms with E-state index in [0.717, 1.165) is 38.1 Å². The van der Waals surface area contributed by atoms with Gasteiger partial charge in [0.15, 0.2) is 5.03 Å². The average molecular weight is 306 g/mol. The second-order valence-electron chi connectivity index (χ2n) is 4.99. The molecular formula is C12H20ClN3O2S. The molecule has 2 atom stereocenters. The molecule has 0 spiro atoms. The van der Waals surface area contributed by atoms with Crippen LogP contribution in [-0.4, -0.2) is 29.4 Å². The van der Waals surface area contributed by atoms with Crippen LogP contribution in [0.3, 0.4) is 0 Å². The number of rotatable bonds is 5. The highest BCUT2D eigenvalue weighted by Gasteiger charge is 2.31. The van der Waals surface area contributed by atoms with Gasteiger partial charge in [0.2, 0.25) is 0 Å². The number of sulfonamides is 1. The zero-order valence-corrected chi connectivity index (χ0v) is 12.8. The molecule has 5 nitrogen and oxygen atoms in total. The zero-order chi connectivity index (χ0) is 14.0. The number of hydrogen-bond donors (Lipinski definition) is 1. The number of imidazole rings is 1. The van der Waals surface area contributed by atoms with Crippen molar-refractivity contribution in [1.82, 2.24) is 14.3 Å². The largest absolute Gasteiger partial charge is 0.334 e. The quantitative estimate of drug-likeness (QED) is 0.847. The first-order chi connectivity index (χ1) is 8.94. The molecule has 19 heavy (non-hydrogen) atoms. The van der Waals surface area contributed by atoms with Crippen LogP contribution in [0, 0.1) is 6.92 Å². The average Bonchev–Trinajstić information content (AvgIpc) is 2.88. The van der Waals surface area contributed by atoms with Crippen LogP contribution in [0.15, 0.2) is 11.2 Å². The fourth-order valence-corrected chi connectivity index (χ4v) is 4.12. The Morgan fingerprint density at radius 2 is 2.26 bits per heavy atom. The van der Waals surface area contributed by atoms with E-state index in [1.807, 2.05) is 18.4 Å². The van der Waals surface area contributed by atoms with Gasteiger partial charge in [-0.2, -0.15) is 0 Å². The van der Waals surface area contributed by atoms with Crippen molar-refractivity contribution in [3.05, 3.63) is 12.0 Å². The van der Waals surface area contributed by atoms with E-state index >= 15 is 0 Å². The van der Waals surface area contributed by atoms with Crippen molar-refractivity contribution in [3.63, 3.8) is 0 Å². The van der Waals surface area contributed by atoms with Gasteiger partial charge in [0.1, 0.15) is 5.82 Å². The second-order valence-corrected chi connectivity index (χ2v) is 7.22. The predicted octanol–water partition coefficient (Wildman–Crippen LogP) is 2.04. The molecule has 1 heterocycles. The van der Waals surface area contributed by atoms with Crippen LogP contribution in [0.4, 0.5) is 0 Å². The van der Waals surface area contributed by atoms with Gasteiger partial charge < -0.3 is 4.57 Å². The topological polar surface area (TPSA) is 64.0 Å². The Bertz CT molecular complexity index is 541. The number of hydrogen-bond acceptors (Lipinski definition) is 3. The standard InChI is InChI=1S/C12H20ClN3O2S/c1-3-7-16-8-12(14-9(16)2)19(17,18)15-11-6-4-5-10(11)13/h8,10-11,15H,3-7H2,1-2H3. The van der Waals surface area contributed by atoms with E-state index in [-0.39, 0.29) is 16.4 Å². The van der Waals surface area contributed by atoms with Crippen LogP contribution >= 0.6 is 11.6 Å². The van der Waals surface area contributed by atoms with E-state index in [4.69, 9.17) is 11.6 Å². The van der Waals surface area contributed by atoms with Crippen molar-refractivity contribution in [2.24, 2.45) is 0 Å². The molecule has 0 bridgehead atoms. The maximum atomic E-state index is 12.3. The summed E-state index contributed by atoms with van der Waals surface area (Å²) in [6, 6.07) is -0.178. The monoisotopic (exact) mass is 305 g/mol.